The molecule has 21 heavy (non-hydrogen) atoms. The van der Waals surface area contributed by atoms with Crippen LogP contribution in [0.15, 0.2) is 83.3 Å². The van der Waals surface area contributed by atoms with Crippen LogP contribution in [-0.4, -0.2) is 0 Å². The van der Waals surface area contributed by atoms with E-state index < -0.39 is 0 Å². The van der Waals surface area contributed by atoms with Crippen molar-refractivity contribution in [2.45, 2.75) is 0 Å². The zero-order chi connectivity index (χ0) is 13.8. The maximum atomic E-state index is 5.91. The normalized spacial score (nSPS) is 9.76. The molecule has 0 N–H and O–H groups in total. The fraction of sp³-hybridized carbons (Fsp3) is 0. The number of fused-ring (bicyclic) bond motifs is 1. The molecule has 0 spiro atoms. The van der Waals surface area contributed by atoms with Crippen molar-refractivity contribution in [3.8, 4) is 11.3 Å². The predicted octanol–water partition coefficient (Wildman–Crippen LogP) is 5.88. The summed E-state index contributed by atoms with van der Waals surface area (Å²) < 4.78 is 5.71. The second-order valence-corrected chi connectivity index (χ2v) is 4.87. The van der Waals surface area contributed by atoms with E-state index in [9.17, 15) is 0 Å². The zero-order valence-electron chi connectivity index (χ0n) is 11.1. The summed E-state index contributed by atoms with van der Waals surface area (Å²) in [5.41, 5.74) is 1.97. The number of hydrogen-bond acceptors (Lipinski definition) is 1. The molecule has 0 fully saturated rings. The molecule has 3 aromatic carbocycles. The van der Waals surface area contributed by atoms with E-state index in [4.69, 9.17) is 16.0 Å². The summed E-state index contributed by atoms with van der Waals surface area (Å²) in [5.74, 6) is 0.886. The number of halogens is 1. The summed E-state index contributed by atoms with van der Waals surface area (Å²) in [6, 6.07) is 25.7. The van der Waals surface area contributed by atoms with Crippen LogP contribution in [0.4, 0.5) is 0 Å². The Morgan fingerprint density at radius 3 is 2.29 bits per heavy atom. The molecule has 3 heteroatoms. The Morgan fingerprint density at radius 2 is 1.67 bits per heavy atom. The van der Waals surface area contributed by atoms with Crippen molar-refractivity contribution in [1.29, 1.82) is 0 Å². The molecule has 1 heterocycles. The third kappa shape index (κ3) is 3.89. The molecule has 4 rings (SSSR count). The van der Waals surface area contributed by atoms with E-state index in [0.717, 1.165) is 27.3 Å². The fourth-order valence-corrected chi connectivity index (χ4v) is 2.20. The fourth-order valence-electron chi connectivity index (χ4n) is 2.02. The largest absolute Gasteiger partial charge is 2.00 e. The first-order valence-corrected chi connectivity index (χ1v) is 6.78. The average molecular weight is 337 g/mol. The van der Waals surface area contributed by atoms with Gasteiger partial charge < -0.3 is 4.42 Å². The van der Waals surface area contributed by atoms with Crippen LogP contribution in [0.5, 0.6) is 0 Å². The first-order valence-electron chi connectivity index (χ1n) is 6.41. The van der Waals surface area contributed by atoms with Crippen LogP contribution in [0.1, 0.15) is 0 Å². The van der Waals surface area contributed by atoms with Gasteiger partial charge in [0, 0.05) is 5.02 Å². The number of benzene rings is 1. The number of hydrogen-bond donors (Lipinski definition) is 0. The molecule has 1 nitrogen and oxygen atoms in total. The van der Waals surface area contributed by atoms with Crippen LogP contribution in [0.2, 0.25) is 5.02 Å². The summed E-state index contributed by atoms with van der Waals surface area (Å²) in [5, 5.41) is 1.77. The second kappa shape index (κ2) is 7.33. The van der Waals surface area contributed by atoms with Crippen LogP contribution in [0.25, 0.3) is 22.3 Å². The van der Waals surface area contributed by atoms with E-state index in [1.165, 1.54) is 0 Å². The molecule has 0 saturated heterocycles. The van der Waals surface area contributed by atoms with Crippen molar-refractivity contribution < 1.29 is 21.5 Å². The molecule has 0 radical (unpaired) electrons. The molecule has 106 valence electrons. The zero-order valence-corrected chi connectivity index (χ0v) is 13.0. The quantitative estimate of drug-likeness (QED) is 0.313. The van der Waals surface area contributed by atoms with Gasteiger partial charge in [0.15, 0.2) is 0 Å². The molecule has 1 aromatic heterocycles. The summed E-state index contributed by atoms with van der Waals surface area (Å²) in [6.45, 7) is 0. The SMILES string of the molecule is Clc1ccc2oc(-[c-]3cccc3)cc2c1.[Fe+2].c1cc[cH-]c1. The van der Waals surface area contributed by atoms with Gasteiger partial charge in [-0.3, -0.25) is 0 Å². The van der Waals surface area contributed by atoms with Crippen molar-refractivity contribution in [3.05, 3.63) is 83.9 Å². The molecular weight excluding hydrogens is 323 g/mol. The van der Waals surface area contributed by atoms with Gasteiger partial charge in [0.1, 0.15) is 5.58 Å². The van der Waals surface area contributed by atoms with Crippen LogP contribution in [-0.2, 0) is 17.1 Å². The van der Waals surface area contributed by atoms with Gasteiger partial charge in [-0.15, -0.1) is 12.1 Å². The third-order valence-electron chi connectivity index (χ3n) is 2.98. The van der Waals surface area contributed by atoms with Gasteiger partial charge in [-0.25, -0.2) is 12.1 Å². The van der Waals surface area contributed by atoms with E-state index in [0.29, 0.717) is 0 Å². The van der Waals surface area contributed by atoms with Crippen molar-refractivity contribution in [1.82, 2.24) is 0 Å². The summed E-state index contributed by atoms with van der Waals surface area (Å²) in [4.78, 5) is 0. The average Bonchev–Trinajstić information content (AvgIpc) is 3.20. The van der Waals surface area contributed by atoms with Crippen molar-refractivity contribution in [3.63, 3.8) is 0 Å². The third-order valence-corrected chi connectivity index (χ3v) is 3.22. The Labute approximate surface area is 139 Å². The Kier molecular flexibility index (Phi) is 5.46. The summed E-state index contributed by atoms with van der Waals surface area (Å²) in [6.07, 6.45) is 0. The van der Waals surface area contributed by atoms with Crippen LogP contribution in [0.3, 0.4) is 0 Å². The van der Waals surface area contributed by atoms with E-state index in [1.54, 1.807) is 0 Å². The Hall–Kier alpha value is -1.73. The first-order chi connectivity index (χ1) is 9.83. The maximum absolute atomic E-state index is 5.91. The minimum Gasteiger partial charge on any atom is -0.476 e. The molecule has 0 aliphatic carbocycles. The van der Waals surface area contributed by atoms with Crippen molar-refractivity contribution >= 4 is 22.6 Å². The molecule has 0 atom stereocenters. The minimum atomic E-state index is 0. The van der Waals surface area contributed by atoms with E-state index in [-0.39, 0.29) is 17.1 Å². The van der Waals surface area contributed by atoms with Crippen LogP contribution >= 0.6 is 11.6 Å². The van der Waals surface area contributed by atoms with E-state index >= 15 is 0 Å². The molecule has 0 amide bonds. The monoisotopic (exact) mass is 336 g/mol. The standard InChI is InChI=1S/C13H8ClO.C5H5.Fe/c14-11-5-6-12-10(7-11)8-13(15-12)9-3-1-2-4-9;1-2-4-5-3-1;/h1-8H;1-5H;/q2*-1;+2. The smallest absolute Gasteiger partial charge is 0.476 e. The first kappa shape index (κ1) is 15.7. The Morgan fingerprint density at radius 1 is 0.952 bits per heavy atom. The van der Waals surface area contributed by atoms with Gasteiger partial charge in [-0.2, -0.15) is 30.3 Å². The van der Waals surface area contributed by atoms with Crippen LogP contribution < -0.4 is 0 Å². The predicted molar refractivity (Wildman–Crippen MR) is 84.3 cm³/mol. The Balaban J connectivity index is 0.000000231. The molecule has 0 aliphatic rings. The second-order valence-electron chi connectivity index (χ2n) is 4.43. The summed E-state index contributed by atoms with van der Waals surface area (Å²) >= 11 is 5.91. The molecular formula is C18H13ClFeO. The Bertz CT molecular complexity index is 750. The van der Waals surface area contributed by atoms with E-state index in [1.807, 2.05) is 78.9 Å². The van der Waals surface area contributed by atoms with E-state index in [2.05, 4.69) is 0 Å². The van der Waals surface area contributed by atoms with Gasteiger partial charge in [-0.1, -0.05) is 23.2 Å². The molecule has 0 bridgehead atoms. The number of furan rings is 1. The van der Waals surface area contributed by atoms with Crippen molar-refractivity contribution in [2.24, 2.45) is 0 Å². The molecule has 0 saturated carbocycles. The van der Waals surface area contributed by atoms with Gasteiger partial charge in [-0.05, 0) is 23.6 Å². The minimum absolute atomic E-state index is 0. The van der Waals surface area contributed by atoms with Crippen LogP contribution in [0, 0.1) is 0 Å². The topological polar surface area (TPSA) is 13.1 Å². The van der Waals surface area contributed by atoms with Gasteiger partial charge in [0.25, 0.3) is 0 Å². The molecule has 4 aromatic rings. The molecule has 0 aliphatic heterocycles. The maximum Gasteiger partial charge on any atom is 2.00 e. The van der Waals surface area contributed by atoms with Crippen molar-refractivity contribution in [2.75, 3.05) is 0 Å². The van der Waals surface area contributed by atoms with Gasteiger partial charge in [0.2, 0.25) is 0 Å². The molecule has 0 unspecified atom stereocenters. The number of rotatable bonds is 1. The van der Waals surface area contributed by atoms with Gasteiger partial charge >= 0.3 is 17.1 Å². The van der Waals surface area contributed by atoms with Gasteiger partial charge in [0.05, 0.1) is 5.76 Å². The summed E-state index contributed by atoms with van der Waals surface area (Å²) in [7, 11) is 0.